The van der Waals surface area contributed by atoms with Gasteiger partial charge in [0, 0.05) is 18.8 Å². The van der Waals surface area contributed by atoms with E-state index in [1.54, 1.807) is 12.1 Å². The molecule has 6 heterocycles. The van der Waals surface area contributed by atoms with Gasteiger partial charge in [-0.3, -0.25) is 0 Å². The van der Waals surface area contributed by atoms with Gasteiger partial charge in [-0.1, -0.05) is 12.1 Å². The largest absolute Gasteiger partial charge is 0.453 e. The average Bonchev–Trinajstić information content (AvgIpc) is 3.16. The fourth-order valence-electron chi connectivity index (χ4n) is 4.73. The van der Waals surface area contributed by atoms with E-state index in [9.17, 15) is 9.90 Å². The van der Waals surface area contributed by atoms with E-state index in [0.29, 0.717) is 21.8 Å². The second kappa shape index (κ2) is 6.67. The molecule has 5 nitrogen and oxygen atoms in total. The van der Waals surface area contributed by atoms with Crippen LogP contribution in [0.1, 0.15) is 22.6 Å². The molecule has 0 amide bonds. The van der Waals surface area contributed by atoms with Gasteiger partial charge in [-0.15, -0.1) is 22.7 Å². The number of aliphatic hydroxyl groups is 1. The topological polar surface area (TPSA) is 59.1 Å². The molecule has 0 spiro atoms. The van der Waals surface area contributed by atoms with Crippen molar-refractivity contribution < 1.29 is 23.9 Å². The highest BCUT2D eigenvalue weighted by atomic mass is 32.1. The molecule has 0 aliphatic carbocycles. The van der Waals surface area contributed by atoms with Crippen LogP contribution in [-0.4, -0.2) is 60.6 Å². The number of thiophene rings is 2. The summed E-state index contributed by atoms with van der Waals surface area (Å²) in [6, 6.07) is 7.33. The third kappa shape index (κ3) is 3.15. The SMILES string of the molecule is O=C(O[C@@H]1C[N+]2(CC3CO3)CCC1CC2)C(O)(c1cccs1)c1cccs1. The monoisotopic (exact) mass is 406 g/mol. The standard InChI is InChI=1S/C20H24NO4S2/c22-19(20(23,17-3-1-9-26-17)18-4-2-10-27-18)25-16-12-21(11-15-13-24-15)7-5-14(16)6-8-21/h1-4,9-10,14-16,23H,5-8,11-13H2/q+1/t14?,15?,16-,21?/m1/s1. The Morgan fingerprint density at radius 2 is 1.85 bits per heavy atom. The maximum Gasteiger partial charge on any atom is 0.349 e. The van der Waals surface area contributed by atoms with Crippen LogP contribution in [0.15, 0.2) is 35.0 Å². The van der Waals surface area contributed by atoms with E-state index in [1.165, 1.54) is 22.7 Å². The minimum atomic E-state index is -1.71. The Labute approximate surface area is 166 Å². The van der Waals surface area contributed by atoms with Gasteiger partial charge in [-0.05, 0) is 22.9 Å². The van der Waals surface area contributed by atoms with E-state index in [1.807, 2.05) is 22.9 Å². The number of hydrogen-bond donors (Lipinski definition) is 1. The highest BCUT2D eigenvalue weighted by Crippen LogP contribution is 2.40. The van der Waals surface area contributed by atoms with Gasteiger partial charge < -0.3 is 19.1 Å². The molecule has 4 aliphatic heterocycles. The van der Waals surface area contributed by atoms with E-state index >= 15 is 0 Å². The minimum absolute atomic E-state index is 0.120. The Bertz CT molecular complexity index is 758. The average molecular weight is 407 g/mol. The van der Waals surface area contributed by atoms with Gasteiger partial charge in [-0.2, -0.15) is 0 Å². The number of carbonyl (C=O) groups excluding carboxylic acids is 1. The van der Waals surface area contributed by atoms with Gasteiger partial charge in [0.1, 0.15) is 19.2 Å². The van der Waals surface area contributed by atoms with Crippen molar-refractivity contribution in [2.24, 2.45) is 5.92 Å². The Hall–Kier alpha value is -1.25. The number of rotatable bonds is 6. The van der Waals surface area contributed by atoms with Crippen LogP contribution in [0.3, 0.4) is 0 Å². The molecule has 1 unspecified atom stereocenters. The Kier molecular flexibility index (Phi) is 4.40. The molecule has 4 saturated heterocycles. The molecule has 0 radical (unpaired) electrons. The second-order valence-corrected chi connectivity index (χ2v) is 9.95. The summed E-state index contributed by atoms with van der Waals surface area (Å²) in [7, 11) is 0. The number of ether oxygens (including phenoxy) is 2. The molecule has 27 heavy (non-hydrogen) atoms. The molecular formula is C20H24NO4S2+. The van der Waals surface area contributed by atoms with Gasteiger partial charge in [0.05, 0.1) is 29.5 Å². The van der Waals surface area contributed by atoms with E-state index in [2.05, 4.69) is 0 Å². The quantitative estimate of drug-likeness (QED) is 0.455. The zero-order valence-corrected chi connectivity index (χ0v) is 16.7. The summed E-state index contributed by atoms with van der Waals surface area (Å²) < 4.78 is 12.5. The number of quaternary nitrogens is 1. The molecule has 2 aromatic rings. The lowest BCUT2D eigenvalue weighted by Crippen LogP contribution is -2.65. The van der Waals surface area contributed by atoms with Gasteiger partial charge >= 0.3 is 5.97 Å². The lowest BCUT2D eigenvalue weighted by Gasteiger charge is -2.52. The summed E-state index contributed by atoms with van der Waals surface area (Å²) in [6.45, 7) is 5.05. The third-order valence-corrected chi connectivity index (χ3v) is 8.30. The normalized spacial score (nSPS) is 32.4. The van der Waals surface area contributed by atoms with E-state index in [4.69, 9.17) is 9.47 Å². The summed E-state index contributed by atoms with van der Waals surface area (Å²) in [5.74, 6) is -0.128. The first kappa shape index (κ1) is 17.8. The van der Waals surface area contributed by atoms with Crippen LogP contribution in [0.5, 0.6) is 0 Å². The summed E-state index contributed by atoms with van der Waals surface area (Å²) in [5, 5.41) is 15.2. The Balaban J connectivity index is 1.38. The van der Waals surface area contributed by atoms with E-state index < -0.39 is 11.6 Å². The number of fused-ring (bicyclic) bond motifs is 3. The van der Waals surface area contributed by atoms with Crippen molar-refractivity contribution >= 4 is 28.6 Å². The summed E-state index contributed by atoms with van der Waals surface area (Å²) in [5.41, 5.74) is -1.71. The highest BCUT2D eigenvalue weighted by molar-refractivity contribution is 7.12. The first-order valence-electron chi connectivity index (χ1n) is 9.57. The molecule has 7 heteroatoms. The number of epoxide rings is 1. The van der Waals surface area contributed by atoms with Crippen LogP contribution < -0.4 is 0 Å². The van der Waals surface area contributed by atoms with Crippen molar-refractivity contribution in [3.63, 3.8) is 0 Å². The van der Waals surface area contributed by atoms with Crippen LogP contribution in [0.2, 0.25) is 0 Å². The van der Waals surface area contributed by atoms with Crippen LogP contribution in [0.25, 0.3) is 0 Å². The lowest BCUT2D eigenvalue weighted by atomic mass is 9.83. The first-order chi connectivity index (χ1) is 13.1. The molecule has 1 N–H and O–H groups in total. The van der Waals surface area contributed by atoms with Gasteiger partial charge in [-0.25, -0.2) is 4.79 Å². The lowest BCUT2D eigenvalue weighted by molar-refractivity contribution is -0.946. The molecular weight excluding hydrogens is 382 g/mol. The summed E-state index contributed by atoms with van der Waals surface area (Å²) in [4.78, 5) is 14.5. The van der Waals surface area contributed by atoms with Gasteiger partial charge in [0.25, 0.3) is 0 Å². The Morgan fingerprint density at radius 1 is 1.22 bits per heavy atom. The van der Waals surface area contributed by atoms with Crippen LogP contribution in [-0.2, 0) is 19.9 Å². The predicted octanol–water partition coefficient (Wildman–Crippen LogP) is 2.60. The molecule has 144 valence electrons. The number of piperidine rings is 3. The van der Waals surface area contributed by atoms with Crippen molar-refractivity contribution in [1.82, 2.24) is 0 Å². The number of nitrogens with zero attached hydrogens (tertiary/aromatic N) is 1. The predicted molar refractivity (Wildman–Crippen MR) is 104 cm³/mol. The van der Waals surface area contributed by atoms with Crippen molar-refractivity contribution in [3.05, 3.63) is 44.8 Å². The van der Waals surface area contributed by atoms with Gasteiger partial charge in [0.15, 0.2) is 6.10 Å². The van der Waals surface area contributed by atoms with Crippen molar-refractivity contribution in [3.8, 4) is 0 Å². The van der Waals surface area contributed by atoms with E-state index in [0.717, 1.165) is 50.1 Å². The zero-order valence-electron chi connectivity index (χ0n) is 15.1. The van der Waals surface area contributed by atoms with Crippen molar-refractivity contribution in [1.29, 1.82) is 0 Å². The number of esters is 1. The third-order valence-electron chi connectivity index (χ3n) is 6.34. The fraction of sp³-hybridized carbons (Fsp3) is 0.550. The number of hydrogen-bond acceptors (Lipinski definition) is 6. The zero-order chi connectivity index (χ0) is 18.5. The fourth-order valence-corrected chi connectivity index (χ4v) is 6.44. The molecule has 0 saturated carbocycles. The molecule has 6 rings (SSSR count). The van der Waals surface area contributed by atoms with Crippen molar-refractivity contribution in [2.45, 2.75) is 30.7 Å². The minimum Gasteiger partial charge on any atom is -0.453 e. The van der Waals surface area contributed by atoms with E-state index in [-0.39, 0.29) is 6.10 Å². The van der Waals surface area contributed by atoms with Crippen molar-refractivity contribution in [2.75, 3.05) is 32.8 Å². The van der Waals surface area contributed by atoms with Crippen LogP contribution in [0.4, 0.5) is 0 Å². The van der Waals surface area contributed by atoms with Gasteiger partial charge in [0.2, 0.25) is 5.60 Å². The van der Waals surface area contributed by atoms with Crippen LogP contribution >= 0.6 is 22.7 Å². The van der Waals surface area contributed by atoms with Crippen LogP contribution in [0, 0.1) is 5.92 Å². The first-order valence-corrected chi connectivity index (χ1v) is 11.3. The molecule has 0 aromatic carbocycles. The molecule has 4 aliphatic rings. The molecule has 2 atom stereocenters. The highest BCUT2D eigenvalue weighted by Gasteiger charge is 2.52. The number of carbonyl (C=O) groups is 1. The molecule has 2 bridgehead atoms. The molecule has 2 aromatic heterocycles. The summed E-state index contributed by atoms with van der Waals surface area (Å²) in [6.07, 6.45) is 2.43. The maximum atomic E-state index is 13.3. The second-order valence-electron chi connectivity index (χ2n) is 8.06. The molecule has 4 fully saturated rings. The Morgan fingerprint density at radius 3 is 2.37 bits per heavy atom. The maximum absolute atomic E-state index is 13.3. The smallest absolute Gasteiger partial charge is 0.349 e. The summed E-state index contributed by atoms with van der Waals surface area (Å²) >= 11 is 2.77.